The lowest BCUT2D eigenvalue weighted by Gasteiger charge is -2.23. The Morgan fingerprint density at radius 3 is 2.44 bits per heavy atom. The van der Waals surface area contributed by atoms with E-state index in [1.165, 1.54) is 0 Å². The molecular weight excluding hydrogens is 318 g/mol. The molecular formula is C19H27N3O3. The first-order valence-electron chi connectivity index (χ1n) is 9.16. The van der Waals surface area contributed by atoms with E-state index in [2.05, 4.69) is 10.6 Å². The molecule has 0 aromatic heterocycles. The zero-order valence-corrected chi connectivity index (χ0v) is 14.5. The Kier molecular flexibility index (Phi) is 6.04. The summed E-state index contributed by atoms with van der Waals surface area (Å²) >= 11 is 0. The summed E-state index contributed by atoms with van der Waals surface area (Å²) < 4.78 is 5.29. The van der Waals surface area contributed by atoms with Gasteiger partial charge in [0.05, 0.1) is 0 Å². The molecule has 6 heteroatoms. The second-order valence-corrected chi connectivity index (χ2v) is 7.04. The van der Waals surface area contributed by atoms with Crippen LogP contribution in [0, 0.1) is 5.92 Å². The smallest absolute Gasteiger partial charge is 0.251 e. The molecule has 1 saturated heterocycles. The number of carbonyl (C=O) groups excluding carboxylic acids is 2. The maximum atomic E-state index is 12.3. The maximum Gasteiger partial charge on any atom is 0.251 e. The van der Waals surface area contributed by atoms with Gasteiger partial charge in [-0.15, -0.1) is 0 Å². The summed E-state index contributed by atoms with van der Waals surface area (Å²) in [6.45, 7) is 1.39. The van der Waals surface area contributed by atoms with Crippen LogP contribution in [0.15, 0.2) is 24.3 Å². The molecule has 0 bridgehead atoms. The van der Waals surface area contributed by atoms with Crippen molar-refractivity contribution in [1.29, 1.82) is 0 Å². The lowest BCUT2D eigenvalue weighted by Crippen LogP contribution is -2.38. The zero-order valence-electron chi connectivity index (χ0n) is 14.5. The van der Waals surface area contributed by atoms with Gasteiger partial charge < -0.3 is 21.1 Å². The fourth-order valence-electron chi connectivity index (χ4n) is 3.58. The number of amides is 2. The number of hydrogen-bond donors (Lipinski definition) is 3. The van der Waals surface area contributed by atoms with Crippen LogP contribution in [0.1, 0.15) is 48.9 Å². The van der Waals surface area contributed by atoms with E-state index in [0.717, 1.165) is 32.1 Å². The van der Waals surface area contributed by atoms with Crippen LogP contribution in [0.5, 0.6) is 0 Å². The lowest BCUT2D eigenvalue weighted by molar-refractivity contribution is -0.117. The van der Waals surface area contributed by atoms with E-state index in [9.17, 15) is 9.59 Å². The fraction of sp³-hybridized carbons (Fsp3) is 0.579. The second kappa shape index (κ2) is 8.45. The first-order valence-corrected chi connectivity index (χ1v) is 9.16. The molecule has 1 aliphatic carbocycles. The maximum absolute atomic E-state index is 12.3. The SMILES string of the molecule is N[C@@H]1CCC[C@H]1CC(=O)Nc1ccc(C(=O)NC2CCOCC2)cc1. The van der Waals surface area contributed by atoms with Gasteiger partial charge in [0.1, 0.15) is 0 Å². The molecule has 2 fully saturated rings. The monoisotopic (exact) mass is 345 g/mol. The highest BCUT2D eigenvalue weighted by Gasteiger charge is 2.26. The van der Waals surface area contributed by atoms with Gasteiger partial charge >= 0.3 is 0 Å². The van der Waals surface area contributed by atoms with Crippen LogP contribution in [0.4, 0.5) is 5.69 Å². The average molecular weight is 345 g/mol. The van der Waals surface area contributed by atoms with Crippen molar-refractivity contribution in [2.45, 2.75) is 50.6 Å². The molecule has 1 aromatic carbocycles. The minimum absolute atomic E-state index is 0.0123. The zero-order chi connectivity index (χ0) is 17.6. The molecule has 4 N–H and O–H groups in total. The van der Waals surface area contributed by atoms with Crippen molar-refractivity contribution in [1.82, 2.24) is 5.32 Å². The highest BCUT2D eigenvalue weighted by molar-refractivity contribution is 5.96. The number of rotatable bonds is 5. The second-order valence-electron chi connectivity index (χ2n) is 7.04. The molecule has 136 valence electrons. The summed E-state index contributed by atoms with van der Waals surface area (Å²) in [5, 5.41) is 5.92. The molecule has 0 radical (unpaired) electrons. The molecule has 1 aliphatic heterocycles. The highest BCUT2D eigenvalue weighted by Crippen LogP contribution is 2.27. The topological polar surface area (TPSA) is 93.5 Å². The van der Waals surface area contributed by atoms with Gasteiger partial charge in [-0.1, -0.05) is 6.42 Å². The number of nitrogens with one attached hydrogen (secondary N) is 2. The molecule has 1 heterocycles. The van der Waals surface area contributed by atoms with Crippen LogP contribution in [-0.2, 0) is 9.53 Å². The number of anilines is 1. The van der Waals surface area contributed by atoms with E-state index in [1.807, 2.05) is 0 Å². The molecule has 2 atom stereocenters. The molecule has 2 amide bonds. The van der Waals surface area contributed by atoms with Crippen LogP contribution in [0.2, 0.25) is 0 Å². The summed E-state index contributed by atoms with van der Waals surface area (Å²) in [6, 6.07) is 7.34. The van der Waals surface area contributed by atoms with Crippen molar-refractivity contribution in [2.24, 2.45) is 11.7 Å². The molecule has 3 rings (SSSR count). The average Bonchev–Trinajstić information content (AvgIpc) is 3.01. The quantitative estimate of drug-likeness (QED) is 0.761. The third-order valence-corrected chi connectivity index (χ3v) is 5.15. The number of benzene rings is 1. The summed E-state index contributed by atoms with van der Waals surface area (Å²) in [5.74, 6) is 0.188. The normalized spacial score (nSPS) is 24.0. The van der Waals surface area contributed by atoms with Crippen LogP contribution in [0.25, 0.3) is 0 Å². The van der Waals surface area contributed by atoms with Gasteiger partial charge in [0.15, 0.2) is 0 Å². The molecule has 0 spiro atoms. The van der Waals surface area contributed by atoms with Gasteiger partial charge in [0.2, 0.25) is 5.91 Å². The molecule has 25 heavy (non-hydrogen) atoms. The van der Waals surface area contributed by atoms with Crippen LogP contribution >= 0.6 is 0 Å². The van der Waals surface area contributed by atoms with E-state index in [1.54, 1.807) is 24.3 Å². The van der Waals surface area contributed by atoms with E-state index >= 15 is 0 Å². The van der Waals surface area contributed by atoms with Gasteiger partial charge in [-0.25, -0.2) is 0 Å². The van der Waals surface area contributed by atoms with Gasteiger partial charge in [-0.05, 0) is 55.9 Å². The minimum atomic E-state index is -0.0818. The third-order valence-electron chi connectivity index (χ3n) is 5.15. The van der Waals surface area contributed by atoms with Gasteiger partial charge in [0, 0.05) is 43.0 Å². The first kappa shape index (κ1) is 17.9. The number of nitrogens with two attached hydrogens (primary N) is 1. The highest BCUT2D eigenvalue weighted by atomic mass is 16.5. The predicted octanol–water partition coefficient (Wildman–Crippen LogP) is 2.05. The Hall–Kier alpha value is -1.92. The van der Waals surface area contributed by atoms with Crippen molar-refractivity contribution in [2.75, 3.05) is 18.5 Å². The lowest BCUT2D eigenvalue weighted by atomic mass is 10.00. The van der Waals surface area contributed by atoms with Crippen molar-refractivity contribution in [3.63, 3.8) is 0 Å². The molecule has 0 unspecified atom stereocenters. The first-order chi connectivity index (χ1) is 12.1. The van der Waals surface area contributed by atoms with E-state index in [4.69, 9.17) is 10.5 Å². The molecule has 1 aromatic rings. The number of carbonyl (C=O) groups is 2. The number of ether oxygens (including phenoxy) is 1. The molecule has 2 aliphatic rings. The van der Waals surface area contributed by atoms with Crippen molar-refractivity contribution in [3.8, 4) is 0 Å². The largest absolute Gasteiger partial charge is 0.381 e. The Balaban J connectivity index is 1.49. The Morgan fingerprint density at radius 1 is 1.08 bits per heavy atom. The van der Waals surface area contributed by atoms with Crippen LogP contribution in [-0.4, -0.2) is 37.1 Å². The Morgan fingerprint density at radius 2 is 1.80 bits per heavy atom. The van der Waals surface area contributed by atoms with E-state index in [0.29, 0.717) is 30.9 Å². The summed E-state index contributed by atoms with van der Waals surface area (Å²) in [6.07, 6.45) is 5.31. The van der Waals surface area contributed by atoms with Gasteiger partial charge in [-0.3, -0.25) is 9.59 Å². The van der Waals surface area contributed by atoms with E-state index in [-0.39, 0.29) is 29.8 Å². The summed E-state index contributed by atoms with van der Waals surface area (Å²) in [5.41, 5.74) is 7.33. The van der Waals surface area contributed by atoms with Gasteiger partial charge in [-0.2, -0.15) is 0 Å². The number of hydrogen-bond acceptors (Lipinski definition) is 4. The third kappa shape index (κ3) is 5.03. The van der Waals surface area contributed by atoms with Crippen molar-refractivity contribution in [3.05, 3.63) is 29.8 Å². The van der Waals surface area contributed by atoms with Gasteiger partial charge in [0.25, 0.3) is 5.91 Å². The predicted molar refractivity (Wildman–Crippen MR) is 96.3 cm³/mol. The molecule has 1 saturated carbocycles. The molecule has 6 nitrogen and oxygen atoms in total. The van der Waals surface area contributed by atoms with Crippen molar-refractivity contribution >= 4 is 17.5 Å². The fourth-order valence-corrected chi connectivity index (χ4v) is 3.58. The summed E-state index contributed by atoms with van der Waals surface area (Å²) in [7, 11) is 0. The minimum Gasteiger partial charge on any atom is -0.381 e. The Labute approximate surface area is 148 Å². The van der Waals surface area contributed by atoms with E-state index < -0.39 is 0 Å². The van der Waals surface area contributed by atoms with Crippen LogP contribution in [0.3, 0.4) is 0 Å². The Bertz CT molecular complexity index is 596. The standard InChI is InChI=1S/C19H27N3O3/c20-17-3-1-2-14(17)12-18(23)21-15-6-4-13(5-7-15)19(24)22-16-8-10-25-11-9-16/h4-7,14,16-17H,1-3,8-12,20H2,(H,21,23)(H,22,24)/t14-,17+/m0/s1. The summed E-state index contributed by atoms with van der Waals surface area (Å²) in [4.78, 5) is 24.4. The van der Waals surface area contributed by atoms with Crippen LogP contribution < -0.4 is 16.4 Å². The van der Waals surface area contributed by atoms with Crippen molar-refractivity contribution < 1.29 is 14.3 Å².